The molecular weight excluding hydrogens is 352 g/mol. The summed E-state index contributed by atoms with van der Waals surface area (Å²) in [6, 6.07) is 9.77. The maximum atomic E-state index is 10.3. The number of halogens is 2. The summed E-state index contributed by atoms with van der Waals surface area (Å²) in [5.74, 6) is 0. The minimum absolute atomic E-state index is 0.564. The van der Waals surface area contributed by atoms with Gasteiger partial charge in [-0.3, -0.25) is 0 Å². The number of rotatable bonds is 2. The zero-order chi connectivity index (χ0) is 11.7. The largest absolute Gasteiger partial charge is 0.383 e. The third kappa shape index (κ3) is 2.56. The molecule has 2 rings (SSSR count). The van der Waals surface area contributed by atoms with Crippen LogP contribution in [0.1, 0.15) is 21.4 Å². The highest BCUT2D eigenvalue weighted by Crippen LogP contribution is 2.35. The molecule has 1 nitrogen and oxygen atoms in total. The fourth-order valence-corrected chi connectivity index (χ4v) is 3.81. The van der Waals surface area contributed by atoms with E-state index in [2.05, 4.69) is 31.9 Å². The Balaban J connectivity index is 2.38. The van der Waals surface area contributed by atoms with Gasteiger partial charge in [0.1, 0.15) is 6.10 Å². The lowest BCUT2D eigenvalue weighted by Gasteiger charge is -2.10. The van der Waals surface area contributed by atoms with Crippen molar-refractivity contribution in [3.63, 3.8) is 0 Å². The van der Waals surface area contributed by atoms with E-state index in [1.807, 2.05) is 37.3 Å². The van der Waals surface area contributed by atoms with Gasteiger partial charge in [-0.15, -0.1) is 11.3 Å². The first-order valence-corrected chi connectivity index (χ1v) is 7.17. The van der Waals surface area contributed by atoms with Gasteiger partial charge in [0.05, 0.1) is 4.88 Å². The van der Waals surface area contributed by atoms with Gasteiger partial charge >= 0.3 is 0 Å². The minimum atomic E-state index is -0.564. The minimum Gasteiger partial charge on any atom is -0.383 e. The van der Waals surface area contributed by atoms with E-state index in [1.54, 1.807) is 11.3 Å². The molecular formula is C12H10Br2OS. The van der Waals surface area contributed by atoms with Crippen LogP contribution < -0.4 is 0 Å². The molecule has 1 unspecified atom stereocenters. The summed E-state index contributed by atoms with van der Waals surface area (Å²) in [7, 11) is 0. The predicted molar refractivity (Wildman–Crippen MR) is 75.0 cm³/mol. The number of aliphatic hydroxyl groups excluding tert-OH is 1. The Bertz CT molecular complexity index is 507. The zero-order valence-electron chi connectivity index (χ0n) is 8.58. The first kappa shape index (κ1) is 12.3. The van der Waals surface area contributed by atoms with Crippen molar-refractivity contribution in [2.24, 2.45) is 0 Å². The monoisotopic (exact) mass is 360 g/mol. The van der Waals surface area contributed by atoms with Crippen molar-refractivity contribution >= 4 is 43.2 Å². The van der Waals surface area contributed by atoms with Crippen molar-refractivity contribution < 1.29 is 5.11 Å². The van der Waals surface area contributed by atoms with Crippen LogP contribution in [0.15, 0.2) is 39.3 Å². The Labute approximate surface area is 115 Å². The maximum Gasteiger partial charge on any atom is 0.114 e. The number of aryl methyl sites for hydroxylation is 1. The van der Waals surface area contributed by atoms with Crippen molar-refractivity contribution in [3.8, 4) is 0 Å². The first-order chi connectivity index (χ1) is 7.58. The van der Waals surface area contributed by atoms with Gasteiger partial charge in [0.2, 0.25) is 0 Å². The SMILES string of the molecule is Cc1cc(Br)c(C(O)c2cccc(Br)c2)s1. The second-order valence-corrected chi connectivity index (χ2v) is 6.58. The summed E-state index contributed by atoms with van der Waals surface area (Å²) in [6.45, 7) is 2.03. The summed E-state index contributed by atoms with van der Waals surface area (Å²) in [5, 5.41) is 10.3. The molecule has 0 amide bonds. The van der Waals surface area contributed by atoms with Gasteiger partial charge < -0.3 is 5.11 Å². The van der Waals surface area contributed by atoms with E-state index in [0.717, 1.165) is 19.4 Å². The summed E-state index contributed by atoms with van der Waals surface area (Å²) in [4.78, 5) is 2.14. The topological polar surface area (TPSA) is 20.2 Å². The first-order valence-electron chi connectivity index (χ1n) is 4.77. The van der Waals surface area contributed by atoms with Crippen molar-refractivity contribution in [2.75, 3.05) is 0 Å². The van der Waals surface area contributed by atoms with Crippen LogP contribution in [0.2, 0.25) is 0 Å². The highest BCUT2D eigenvalue weighted by atomic mass is 79.9. The number of aliphatic hydroxyl groups is 1. The van der Waals surface area contributed by atoms with Crippen LogP contribution in [0.25, 0.3) is 0 Å². The second-order valence-electron chi connectivity index (χ2n) is 3.53. The van der Waals surface area contributed by atoms with Crippen molar-refractivity contribution in [1.29, 1.82) is 0 Å². The van der Waals surface area contributed by atoms with Gasteiger partial charge in [0.15, 0.2) is 0 Å². The molecule has 2 aromatic rings. The van der Waals surface area contributed by atoms with Crippen LogP contribution in [0.5, 0.6) is 0 Å². The molecule has 1 aromatic carbocycles. The van der Waals surface area contributed by atoms with Gasteiger partial charge in [-0.2, -0.15) is 0 Å². The zero-order valence-corrected chi connectivity index (χ0v) is 12.6. The van der Waals surface area contributed by atoms with Gasteiger partial charge in [-0.25, -0.2) is 0 Å². The molecule has 16 heavy (non-hydrogen) atoms. The Kier molecular flexibility index (Phi) is 3.85. The van der Waals surface area contributed by atoms with Crippen molar-refractivity contribution in [1.82, 2.24) is 0 Å². The molecule has 0 aliphatic carbocycles. The van der Waals surface area contributed by atoms with E-state index in [9.17, 15) is 5.11 Å². The molecule has 0 radical (unpaired) electrons. The highest BCUT2D eigenvalue weighted by molar-refractivity contribution is 9.10. The van der Waals surface area contributed by atoms with Gasteiger partial charge in [0, 0.05) is 13.8 Å². The molecule has 0 aliphatic rings. The standard InChI is InChI=1S/C12H10Br2OS/c1-7-5-10(14)12(16-7)11(15)8-3-2-4-9(13)6-8/h2-6,11,15H,1H3. The molecule has 1 N–H and O–H groups in total. The van der Waals surface area contributed by atoms with Crippen LogP contribution in [0.3, 0.4) is 0 Å². The lowest BCUT2D eigenvalue weighted by Crippen LogP contribution is -1.97. The highest BCUT2D eigenvalue weighted by Gasteiger charge is 2.16. The van der Waals surface area contributed by atoms with Crippen LogP contribution in [-0.4, -0.2) is 5.11 Å². The third-order valence-electron chi connectivity index (χ3n) is 2.25. The van der Waals surface area contributed by atoms with Crippen LogP contribution in [-0.2, 0) is 0 Å². The van der Waals surface area contributed by atoms with E-state index < -0.39 is 6.10 Å². The van der Waals surface area contributed by atoms with Gasteiger partial charge in [-0.05, 0) is 46.6 Å². The van der Waals surface area contributed by atoms with Gasteiger partial charge in [-0.1, -0.05) is 28.1 Å². The molecule has 0 spiro atoms. The molecule has 1 aromatic heterocycles. The fraction of sp³-hybridized carbons (Fsp3) is 0.167. The Hall–Kier alpha value is -0.160. The average molecular weight is 362 g/mol. The smallest absolute Gasteiger partial charge is 0.114 e. The Morgan fingerprint density at radius 3 is 2.56 bits per heavy atom. The normalized spacial score (nSPS) is 12.8. The number of hydrogen-bond donors (Lipinski definition) is 1. The predicted octanol–water partition coefficient (Wildman–Crippen LogP) is 4.66. The Morgan fingerprint density at radius 1 is 1.25 bits per heavy atom. The number of hydrogen-bond acceptors (Lipinski definition) is 2. The fourth-order valence-electron chi connectivity index (χ4n) is 1.52. The molecule has 0 aliphatic heterocycles. The lowest BCUT2D eigenvalue weighted by molar-refractivity contribution is 0.223. The molecule has 84 valence electrons. The number of benzene rings is 1. The van der Waals surface area contributed by atoms with E-state index in [0.29, 0.717) is 0 Å². The quantitative estimate of drug-likeness (QED) is 0.824. The number of thiophene rings is 1. The molecule has 1 heterocycles. The van der Waals surface area contributed by atoms with E-state index in [-0.39, 0.29) is 0 Å². The molecule has 0 bridgehead atoms. The van der Waals surface area contributed by atoms with Crippen molar-refractivity contribution in [2.45, 2.75) is 13.0 Å². The summed E-state index contributed by atoms with van der Waals surface area (Å²) in [6.07, 6.45) is -0.564. The van der Waals surface area contributed by atoms with E-state index in [4.69, 9.17) is 0 Å². The van der Waals surface area contributed by atoms with Crippen LogP contribution in [0, 0.1) is 6.92 Å². The average Bonchev–Trinajstić information content (AvgIpc) is 2.57. The molecule has 0 fully saturated rings. The molecule has 1 atom stereocenters. The van der Waals surface area contributed by atoms with E-state index >= 15 is 0 Å². The summed E-state index contributed by atoms with van der Waals surface area (Å²) < 4.78 is 1.95. The molecule has 0 saturated carbocycles. The molecule has 0 saturated heterocycles. The van der Waals surface area contributed by atoms with Crippen LogP contribution in [0.4, 0.5) is 0 Å². The van der Waals surface area contributed by atoms with E-state index in [1.165, 1.54) is 4.88 Å². The summed E-state index contributed by atoms with van der Waals surface area (Å²) >= 11 is 8.49. The van der Waals surface area contributed by atoms with Gasteiger partial charge in [0.25, 0.3) is 0 Å². The van der Waals surface area contributed by atoms with Crippen LogP contribution >= 0.6 is 43.2 Å². The third-order valence-corrected chi connectivity index (χ3v) is 4.76. The summed E-state index contributed by atoms with van der Waals surface area (Å²) in [5.41, 5.74) is 0.900. The second kappa shape index (κ2) is 5.00. The maximum absolute atomic E-state index is 10.3. The van der Waals surface area contributed by atoms with Crippen molar-refractivity contribution in [3.05, 3.63) is 54.6 Å². The molecule has 4 heteroatoms. The Morgan fingerprint density at radius 2 is 2.00 bits per heavy atom. The lowest BCUT2D eigenvalue weighted by atomic mass is 10.1.